The predicted octanol–water partition coefficient (Wildman–Crippen LogP) is 2.31. The van der Waals surface area contributed by atoms with Crippen molar-refractivity contribution >= 4 is 10.9 Å². The molecule has 88 valence electrons. The van der Waals surface area contributed by atoms with Crippen molar-refractivity contribution in [2.24, 2.45) is 0 Å². The second kappa shape index (κ2) is 2.85. The maximum absolute atomic E-state index is 4.28. The minimum absolute atomic E-state index is 0.347. The Labute approximate surface area is 101 Å². The first-order valence-corrected chi connectivity index (χ1v) is 6.05. The summed E-state index contributed by atoms with van der Waals surface area (Å²) in [6, 6.07) is 2.06. The minimum Gasteiger partial charge on any atom is -0.483 e. The number of fused-ring (bicyclic) bond motifs is 4. The molecule has 0 radical (unpaired) electrons. The third-order valence-corrected chi connectivity index (χ3v) is 4.26. The standard InChI is InChI=1S/C14H15N3/c1-16-8-12-13(14(9-16)4-5-14)10-7-15-6-3-11(10)17(12)2/h3,6-7H,1-2,4-5,8-9H2/q-2. The largest absolute Gasteiger partial charge is 0.483 e. The van der Waals surface area contributed by atoms with Gasteiger partial charge in [-0.3, -0.25) is 12.0 Å². The number of hydrogen-bond donors (Lipinski definition) is 0. The van der Waals surface area contributed by atoms with Crippen LogP contribution in [-0.4, -0.2) is 21.0 Å². The molecule has 2 aromatic heterocycles. The van der Waals surface area contributed by atoms with Gasteiger partial charge in [-0.05, 0) is 36.7 Å². The summed E-state index contributed by atoms with van der Waals surface area (Å²) in [6.07, 6.45) is 6.39. The molecule has 0 unspecified atom stereocenters. The van der Waals surface area contributed by atoms with Crippen LogP contribution in [0.5, 0.6) is 0 Å². The van der Waals surface area contributed by atoms with Crippen molar-refractivity contribution in [3.8, 4) is 0 Å². The number of hydrogen-bond acceptors (Lipinski definition) is 2. The summed E-state index contributed by atoms with van der Waals surface area (Å²) in [5.41, 5.74) is 4.37. The normalized spacial score (nSPS) is 21.9. The molecule has 4 rings (SSSR count). The number of pyridine rings is 1. The van der Waals surface area contributed by atoms with E-state index in [1.165, 1.54) is 35.0 Å². The van der Waals surface area contributed by atoms with Gasteiger partial charge in [0.2, 0.25) is 0 Å². The van der Waals surface area contributed by atoms with E-state index < -0.39 is 0 Å². The first-order chi connectivity index (χ1) is 8.21. The fourth-order valence-corrected chi connectivity index (χ4v) is 3.34. The SMILES string of the molecule is [CH2-]N1Cc2c(c3cnccc3n2[CH2-])C2(CC2)C1. The molecule has 3 nitrogen and oxygen atoms in total. The highest BCUT2D eigenvalue weighted by molar-refractivity contribution is 5.87. The third kappa shape index (κ3) is 1.10. The molecule has 0 aromatic carbocycles. The van der Waals surface area contributed by atoms with E-state index in [2.05, 4.69) is 34.6 Å². The van der Waals surface area contributed by atoms with Crippen LogP contribution in [0.25, 0.3) is 10.9 Å². The van der Waals surface area contributed by atoms with E-state index in [0.29, 0.717) is 5.41 Å². The highest BCUT2D eigenvalue weighted by atomic mass is 15.2. The van der Waals surface area contributed by atoms with Gasteiger partial charge in [-0.2, -0.15) is 0 Å². The summed E-state index contributed by atoms with van der Waals surface area (Å²) >= 11 is 0. The van der Waals surface area contributed by atoms with E-state index in [4.69, 9.17) is 0 Å². The average Bonchev–Trinajstić information content (AvgIpc) is 3.01. The zero-order valence-electron chi connectivity index (χ0n) is 9.82. The molecule has 0 atom stereocenters. The van der Waals surface area contributed by atoms with Crippen LogP contribution in [0.3, 0.4) is 0 Å². The Balaban J connectivity index is 2.10. The van der Waals surface area contributed by atoms with Gasteiger partial charge in [0, 0.05) is 12.4 Å². The molecule has 0 N–H and O–H groups in total. The van der Waals surface area contributed by atoms with Gasteiger partial charge in [-0.1, -0.05) is 22.8 Å². The second-order valence-corrected chi connectivity index (χ2v) is 5.41. The van der Waals surface area contributed by atoms with Gasteiger partial charge in [0.1, 0.15) is 0 Å². The Kier molecular flexibility index (Phi) is 1.60. The molecule has 3 heterocycles. The monoisotopic (exact) mass is 225 g/mol. The molecular formula is C14H15N3-2. The summed E-state index contributed by atoms with van der Waals surface area (Å²) in [5, 5.41) is 1.29. The van der Waals surface area contributed by atoms with Gasteiger partial charge < -0.3 is 9.47 Å². The molecule has 2 aliphatic rings. The van der Waals surface area contributed by atoms with Gasteiger partial charge >= 0.3 is 0 Å². The highest BCUT2D eigenvalue weighted by Crippen LogP contribution is 2.54. The van der Waals surface area contributed by atoms with E-state index in [0.717, 1.165) is 13.1 Å². The molecule has 1 aliphatic carbocycles. The lowest BCUT2D eigenvalue weighted by molar-refractivity contribution is 0.295. The number of rotatable bonds is 0. The molecule has 2 aromatic rings. The Bertz CT molecular complexity index is 607. The van der Waals surface area contributed by atoms with Crippen LogP contribution in [0.15, 0.2) is 18.5 Å². The number of aromatic nitrogens is 2. The summed E-state index contributed by atoms with van der Waals surface area (Å²) < 4.78 is 2.07. The molecule has 1 spiro atoms. The first kappa shape index (κ1) is 9.54. The Hall–Kier alpha value is -1.48. The lowest BCUT2D eigenvalue weighted by Gasteiger charge is -2.40. The van der Waals surface area contributed by atoms with Crippen molar-refractivity contribution in [3.63, 3.8) is 0 Å². The Morgan fingerprint density at radius 1 is 1.29 bits per heavy atom. The van der Waals surface area contributed by atoms with E-state index in [9.17, 15) is 0 Å². The Morgan fingerprint density at radius 2 is 2.12 bits per heavy atom. The third-order valence-electron chi connectivity index (χ3n) is 4.26. The molecule has 1 aliphatic heterocycles. The number of nitrogens with zero attached hydrogens (tertiary/aromatic N) is 3. The van der Waals surface area contributed by atoms with Crippen molar-refractivity contribution in [1.29, 1.82) is 0 Å². The van der Waals surface area contributed by atoms with E-state index >= 15 is 0 Å². The molecule has 17 heavy (non-hydrogen) atoms. The summed E-state index contributed by atoms with van der Waals surface area (Å²) in [6.45, 7) is 1.98. The molecular weight excluding hydrogens is 210 g/mol. The van der Waals surface area contributed by atoms with Crippen molar-refractivity contribution in [3.05, 3.63) is 43.8 Å². The first-order valence-electron chi connectivity index (χ1n) is 6.05. The molecule has 1 saturated carbocycles. The van der Waals surface area contributed by atoms with Crippen LogP contribution in [0, 0.1) is 14.1 Å². The second-order valence-electron chi connectivity index (χ2n) is 5.41. The molecule has 0 bridgehead atoms. The van der Waals surface area contributed by atoms with Gasteiger partial charge in [-0.25, -0.2) is 0 Å². The van der Waals surface area contributed by atoms with Gasteiger partial charge in [0.25, 0.3) is 0 Å². The van der Waals surface area contributed by atoms with Crippen LogP contribution >= 0.6 is 0 Å². The van der Waals surface area contributed by atoms with E-state index in [1.54, 1.807) is 0 Å². The zero-order chi connectivity index (χ0) is 11.6. The van der Waals surface area contributed by atoms with Crippen LogP contribution in [-0.2, 0) is 12.0 Å². The topological polar surface area (TPSA) is 21.1 Å². The Morgan fingerprint density at radius 3 is 2.88 bits per heavy atom. The van der Waals surface area contributed by atoms with Crippen LogP contribution in [0.4, 0.5) is 0 Å². The fourth-order valence-electron chi connectivity index (χ4n) is 3.34. The lowest BCUT2D eigenvalue weighted by Crippen LogP contribution is -2.34. The van der Waals surface area contributed by atoms with Gasteiger partial charge in [0.05, 0.1) is 0 Å². The minimum atomic E-state index is 0.347. The maximum atomic E-state index is 4.28. The van der Waals surface area contributed by atoms with E-state index in [-0.39, 0.29) is 0 Å². The average molecular weight is 225 g/mol. The molecule has 3 heteroatoms. The molecule has 1 fully saturated rings. The molecule has 0 amide bonds. The van der Waals surface area contributed by atoms with Gasteiger partial charge in [0.15, 0.2) is 0 Å². The van der Waals surface area contributed by atoms with Crippen molar-refractivity contribution in [1.82, 2.24) is 14.5 Å². The lowest BCUT2D eigenvalue weighted by atomic mass is 9.89. The fraction of sp³-hybridized carbons (Fsp3) is 0.357. The van der Waals surface area contributed by atoms with Crippen molar-refractivity contribution in [2.75, 3.05) is 6.54 Å². The maximum Gasteiger partial charge on any atom is 0.0230 e. The summed E-state index contributed by atoms with van der Waals surface area (Å²) in [4.78, 5) is 6.45. The van der Waals surface area contributed by atoms with E-state index in [1.807, 2.05) is 12.4 Å². The van der Waals surface area contributed by atoms with Crippen LogP contribution in [0.2, 0.25) is 0 Å². The van der Waals surface area contributed by atoms with Crippen molar-refractivity contribution < 1.29 is 0 Å². The molecule has 0 saturated heterocycles. The van der Waals surface area contributed by atoms with Crippen LogP contribution < -0.4 is 0 Å². The van der Waals surface area contributed by atoms with Gasteiger partial charge in [-0.15, -0.1) is 7.05 Å². The smallest absolute Gasteiger partial charge is 0.0230 e. The van der Waals surface area contributed by atoms with Crippen molar-refractivity contribution in [2.45, 2.75) is 24.8 Å². The quantitative estimate of drug-likeness (QED) is 0.641. The highest BCUT2D eigenvalue weighted by Gasteiger charge is 2.46. The van der Waals surface area contributed by atoms with Crippen LogP contribution in [0.1, 0.15) is 24.1 Å². The predicted molar refractivity (Wildman–Crippen MR) is 67.2 cm³/mol. The summed E-state index contributed by atoms with van der Waals surface area (Å²) in [5.74, 6) is 0. The summed E-state index contributed by atoms with van der Waals surface area (Å²) in [7, 11) is 8.30. The zero-order valence-corrected chi connectivity index (χ0v) is 9.82.